The summed E-state index contributed by atoms with van der Waals surface area (Å²) >= 11 is 0. The van der Waals surface area contributed by atoms with E-state index in [4.69, 9.17) is 0 Å². The van der Waals surface area contributed by atoms with Crippen LogP contribution in [0.5, 0.6) is 0 Å². The highest BCUT2D eigenvalue weighted by molar-refractivity contribution is 6.34. The molecule has 0 amide bonds. The third-order valence-electron chi connectivity index (χ3n) is 11.4. The minimum absolute atomic E-state index is 1.09. The first-order valence-electron chi connectivity index (χ1n) is 19.3. The second kappa shape index (κ2) is 13.2. The molecule has 56 heavy (non-hydrogen) atoms. The molecule has 262 valence electrons. The Morgan fingerprint density at radius 1 is 0.268 bits per heavy atom. The van der Waals surface area contributed by atoms with E-state index in [9.17, 15) is 0 Å². The van der Waals surface area contributed by atoms with Crippen LogP contribution in [0.1, 0.15) is 0 Å². The van der Waals surface area contributed by atoms with Crippen molar-refractivity contribution in [1.29, 1.82) is 0 Å². The number of nitrogens with zero attached hydrogens (tertiary/aromatic N) is 2. The summed E-state index contributed by atoms with van der Waals surface area (Å²) in [5, 5.41) is 10.1. The molecule has 2 heteroatoms. The van der Waals surface area contributed by atoms with Gasteiger partial charge in [0.1, 0.15) is 0 Å². The molecule has 1 heterocycles. The van der Waals surface area contributed by atoms with Crippen LogP contribution in [-0.2, 0) is 0 Å². The maximum atomic E-state index is 2.51. The molecule has 0 bridgehead atoms. The molecule has 0 aliphatic carbocycles. The van der Waals surface area contributed by atoms with Crippen LogP contribution >= 0.6 is 0 Å². The van der Waals surface area contributed by atoms with Crippen LogP contribution in [0.2, 0.25) is 0 Å². The lowest BCUT2D eigenvalue weighted by atomic mass is 9.96. The third-order valence-corrected chi connectivity index (χ3v) is 11.4. The van der Waals surface area contributed by atoms with Crippen LogP contribution in [0, 0.1) is 0 Å². The van der Waals surface area contributed by atoms with Crippen molar-refractivity contribution in [2.24, 2.45) is 0 Å². The summed E-state index contributed by atoms with van der Waals surface area (Å²) in [4.78, 5) is 2.36. The number of benzene rings is 10. The van der Waals surface area contributed by atoms with Gasteiger partial charge < -0.3 is 9.47 Å². The number of rotatable bonds is 6. The maximum Gasteiger partial charge on any atom is 0.0626 e. The van der Waals surface area contributed by atoms with Gasteiger partial charge in [-0.05, 0) is 92.3 Å². The third kappa shape index (κ3) is 5.19. The first-order chi connectivity index (χ1) is 27.8. The van der Waals surface area contributed by atoms with Gasteiger partial charge in [-0.3, -0.25) is 0 Å². The van der Waals surface area contributed by atoms with Crippen molar-refractivity contribution in [1.82, 2.24) is 4.57 Å². The highest BCUT2D eigenvalue weighted by atomic mass is 15.1. The Labute approximate surface area is 325 Å². The molecular formula is C54H36N2. The van der Waals surface area contributed by atoms with Gasteiger partial charge in [-0.2, -0.15) is 0 Å². The highest BCUT2D eigenvalue weighted by Gasteiger charge is 2.21. The molecule has 0 N–H and O–H groups in total. The normalized spacial score (nSPS) is 11.6. The summed E-state index contributed by atoms with van der Waals surface area (Å²) < 4.78 is 2.51. The van der Waals surface area contributed by atoms with Crippen LogP contribution in [0.15, 0.2) is 218 Å². The summed E-state index contributed by atoms with van der Waals surface area (Å²) in [5.74, 6) is 0. The van der Waals surface area contributed by atoms with Gasteiger partial charge in [0.2, 0.25) is 0 Å². The first-order valence-corrected chi connectivity index (χ1v) is 19.3. The Morgan fingerprint density at radius 2 is 0.696 bits per heavy atom. The summed E-state index contributed by atoms with van der Waals surface area (Å²) in [5.41, 5.74) is 11.7. The molecule has 0 saturated heterocycles. The molecule has 11 rings (SSSR count). The fourth-order valence-corrected chi connectivity index (χ4v) is 8.76. The SMILES string of the molecule is c1ccc(-c2ccc(N(c3ccc(-c4ccccc4)cc3)c3ccc(-n4c5c6ccccc6ccc5c5c6ccccc6c6ccccc6c54)cc3)cc2)cc1. The minimum Gasteiger partial charge on any atom is -0.311 e. The Kier molecular flexibility index (Phi) is 7.53. The fourth-order valence-electron chi connectivity index (χ4n) is 8.76. The van der Waals surface area contributed by atoms with E-state index in [0.717, 1.165) is 22.7 Å². The lowest BCUT2D eigenvalue weighted by molar-refractivity contribution is 1.18. The van der Waals surface area contributed by atoms with E-state index in [1.54, 1.807) is 0 Å². The van der Waals surface area contributed by atoms with E-state index >= 15 is 0 Å². The van der Waals surface area contributed by atoms with Crippen LogP contribution in [0.4, 0.5) is 17.1 Å². The van der Waals surface area contributed by atoms with Gasteiger partial charge in [-0.15, -0.1) is 0 Å². The molecule has 10 aromatic carbocycles. The Balaban J connectivity index is 1.12. The number of anilines is 3. The molecule has 0 spiro atoms. The second-order valence-electron chi connectivity index (χ2n) is 14.5. The van der Waals surface area contributed by atoms with Gasteiger partial charge in [0, 0.05) is 44.3 Å². The monoisotopic (exact) mass is 712 g/mol. The zero-order chi connectivity index (χ0) is 37.0. The van der Waals surface area contributed by atoms with Gasteiger partial charge in [0.25, 0.3) is 0 Å². The summed E-state index contributed by atoms with van der Waals surface area (Å²) in [6.07, 6.45) is 0. The zero-order valence-corrected chi connectivity index (χ0v) is 30.7. The second-order valence-corrected chi connectivity index (χ2v) is 14.5. The Hall–Kier alpha value is -7.42. The number of fused-ring (bicyclic) bond motifs is 10. The predicted octanol–water partition coefficient (Wildman–Crippen LogP) is 15.0. The quantitative estimate of drug-likeness (QED) is 0.156. The smallest absolute Gasteiger partial charge is 0.0626 e. The van der Waals surface area contributed by atoms with E-state index in [0.29, 0.717) is 0 Å². The average Bonchev–Trinajstić information content (AvgIpc) is 3.64. The topological polar surface area (TPSA) is 8.17 Å². The molecule has 1 aromatic heterocycles. The highest BCUT2D eigenvalue weighted by Crippen LogP contribution is 2.45. The zero-order valence-electron chi connectivity index (χ0n) is 30.7. The van der Waals surface area contributed by atoms with Crippen molar-refractivity contribution in [3.8, 4) is 27.9 Å². The van der Waals surface area contributed by atoms with Crippen molar-refractivity contribution in [3.63, 3.8) is 0 Å². The molecule has 0 aliphatic heterocycles. The molecule has 2 nitrogen and oxygen atoms in total. The lowest BCUT2D eigenvalue weighted by Crippen LogP contribution is -2.10. The summed E-state index contributed by atoms with van der Waals surface area (Å²) in [6, 6.07) is 79.3. The molecule has 0 atom stereocenters. The van der Waals surface area contributed by atoms with E-state index in [-0.39, 0.29) is 0 Å². The molecule has 0 fully saturated rings. The van der Waals surface area contributed by atoms with E-state index in [2.05, 4.69) is 228 Å². The molecule has 0 unspecified atom stereocenters. The predicted molar refractivity (Wildman–Crippen MR) is 239 cm³/mol. The molecule has 0 aliphatic rings. The molecule has 0 saturated carbocycles. The van der Waals surface area contributed by atoms with E-state index < -0.39 is 0 Å². The number of aromatic nitrogens is 1. The van der Waals surface area contributed by atoms with Crippen molar-refractivity contribution >= 4 is 71.2 Å². The molecule has 11 aromatic rings. The van der Waals surface area contributed by atoms with E-state index in [1.807, 2.05) is 0 Å². The van der Waals surface area contributed by atoms with Crippen LogP contribution in [0.25, 0.3) is 82.1 Å². The lowest BCUT2D eigenvalue weighted by Gasteiger charge is -2.26. The maximum absolute atomic E-state index is 2.51. The van der Waals surface area contributed by atoms with Gasteiger partial charge >= 0.3 is 0 Å². The Morgan fingerprint density at radius 3 is 1.27 bits per heavy atom. The number of hydrogen-bond acceptors (Lipinski definition) is 1. The summed E-state index contributed by atoms with van der Waals surface area (Å²) in [6.45, 7) is 0. The average molecular weight is 713 g/mol. The van der Waals surface area contributed by atoms with Gasteiger partial charge in [-0.1, -0.05) is 170 Å². The summed E-state index contributed by atoms with van der Waals surface area (Å²) in [7, 11) is 0. The van der Waals surface area contributed by atoms with Crippen molar-refractivity contribution in [2.45, 2.75) is 0 Å². The fraction of sp³-hybridized carbons (Fsp3) is 0. The van der Waals surface area contributed by atoms with Crippen LogP contribution in [0.3, 0.4) is 0 Å². The van der Waals surface area contributed by atoms with Crippen LogP contribution < -0.4 is 4.90 Å². The largest absolute Gasteiger partial charge is 0.311 e. The molecular weight excluding hydrogens is 677 g/mol. The van der Waals surface area contributed by atoms with Crippen molar-refractivity contribution in [3.05, 3.63) is 218 Å². The van der Waals surface area contributed by atoms with Crippen molar-refractivity contribution < 1.29 is 0 Å². The Bertz CT molecular complexity index is 3110. The van der Waals surface area contributed by atoms with Gasteiger partial charge in [0.15, 0.2) is 0 Å². The van der Waals surface area contributed by atoms with Crippen molar-refractivity contribution in [2.75, 3.05) is 4.90 Å². The first kappa shape index (κ1) is 32.0. The van der Waals surface area contributed by atoms with Gasteiger partial charge in [0.05, 0.1) is 11.0 Å². The van der Waals surface area contributed by atoms with Crippen LogP contribution in [-0.4, -0.2) is 4.57 Å². The van der Waals surface area contributed by atoms with E-state index in [1.165, 1.54) is 76.4 Å². The standard InChI is InChI=1S/C54H36N2/c1-3-13-37(14-4-1)39-23-28-42(29-24-39)55(43-30-25-40(26-31-43)38-15-5-2-6-16-38)44-32-34-45(35-33-44)56-53-46-18-8-7-17-41(46)27-36-51(53)52-49-21-11-9-19-47(49)48-20-10-12-22-50(48)54(52)56/h1-36H. The van der Waals surface area contributed by atoms with Gasteiger partial charge in [-0.25, -0.2) is 0 Å². The molecule has 0 radical (unpaired) electrons. The number of hydrogen-bond donors (Lipinski definition) is 0. The minimum atomic E-state index is 1.09.